The highest BCUT2D eigenvalue weighted by molar-refractivity contribution is 7.15. The fourth-order valence-corrected chi connectivity index (χ4v) is 2.06. The molecule has 0 saturated carbocycles. The minimum absolute atomic E-state index is 0.0815. The van der Waals surface area contributed by atoms with Gasteiger partial charge in [-0.3, -0.25) is 5.32 Å². The summed E-state index contributed by atoms with van der Waals surface area (Å²) < 4.78 is 0. The number of amides is 2. The Hall–Kier alpha value is -1.14. The van der Waals surface area contributed by atoms with E-state index in [0.717, 1.165) is 12.8 Å². The Balaban J connectivity index is 2.31. The van der Waals surface area contributed by atoms with Crippen molar-refractivity contribution in [2.45, 2.75) is 26.2 Å². The van der Waals surface area contributed by atoms with Gasteiger partial charge in [0.15, 0.2) is 5.13 Å². The van der Waals surface area contributed by atoms with Crippen molar-refractivity contribution in [3.8, 4) is 0 Å². The number of aliphatic hydroxyl groups excluding tert-OH is 1. The number of urea groups is 1. The van der Waals surface area contributed by atoms with Crippen LogP contribution in [-0.4, -0.2) is 29.3 Å². The minimum Gasteiger partial charge on any atom is -0.396 e. The number of hydrogen-bond acceptors (Lipinski definition) is 4. The monoisotopic (exact) mass is 243 g/mol. The number of nitrogens with one attached hydrogen (secondary N) is 2. The zero-order chi connectivity index (χ0) is 11.8. The van der Waals surface area contributed by atoms with Crippen LogP contribution < -0.4 is 10.6 Å². The summed E-state index contributed by atoms with van der Waals surface area (Å²) in [6.45, 7) is 2.65. The van der Waals surface area contributed by atoms with Crippen molar-refractivity contribution in [2.75, 3.05) is 18.5 Å². The molecule has 0 aliphatic heterocycles. The predicted octanol–water partition coefficient (Wildman–Crippen LogP) is 1.60. The van der Waals surface area contributed by atoms with E-state index in [1.807, 2.05) is 0 Å². The second kappa shape index (κ2) is 7.19. The molecule has 1 aromatic heterocycles. The molecule has 0 aliphatic carbocycles. The fraction of sp³-hybridized carbons (Fsp3) is 0.600. The second-order valence-corrected chi connectivity index (χ2v) is 4.45. The van der Waals surface area contributed by atoms with Crippen molar-refractivity contribution in [2.24, 2.45) is 0 Å². The van der Waals surface area contributed by atoms with Gasteiger partial charge in [0.1, 0.15) is 0 Å². The van der Waals surface area contributed by atoms with E-state index in [1.165, 1.54) is 16.2 Å². The molecule has 1 rings (SSSR count). The molecular weight excluding hydrogens is 226 g/mol. The molecule has 16 heavy (non-hydrogen) atoms. The molecule has 5 nitrogen and oxygen atoms in total. The van der Waals surface area contributed by atoms with Crippen LogP contribution in [0.25, 0.3) is 0 Å². The largest absolute Gasteiger partial charge is 0.396 e. The normalized spacial score (nSPS) is 10.1. The molecule has 0 atom stereocenters. The Labute approximate surface area is 98.9 Å². The van der Waals surface area contributed by atoms with Gasteiger partial charge in [0.25, 0.3) is 0 Å². The Morgan fingerprint density at radius 1 is 1.62 bits per heavy atom. The summed E-state index contributed by atoms with van der Waals surface area (Å²) in [7, 11) is 0. The smallest absolute Gasteiger partial charge is 0.321 e. The molecule has 1 aromatic rings. The average molecular weight is 243 g/mol. The standard InChI is InChI=1S/C10H17N3O2S/c1-2-4-8-7-12-10(16-8)13-9(15)11-5-3-6-14/h7,14H,2-6H2,1H3,(H2,11,12,13,15). The molecule has 2 amide bonds. The van der Waals surface area contributed by atoms with Gasteiger partial charge >= 0.3 is 6.03 Å². The summed E-state index contributed by atoms with van der Waals surface area (Å²) in [5.74, 6) is 0. The number of carbonyl (C=O) groups excluding carboxylic acids is 1. The number of nitrogens with zero attached hydrogens (tertiary/aromatic N) is 1. The summed E-state index contributed by atoms with van der Waals surface area (Å²) in [4.78, 5) is 16.6. The van der Waals surface area contributed by atoms with Crippen LogP contribution in [0.4, 0.5) is 9.93 Å². The third-order valence-corrected chi connectivity index (χ3v) is 2.86. The molecule has 0 spiro atoms. The number of carbonyl (C=O) groups is 1. The molecule has 1 heterocycles. The first kappa shape index (κ1) is 12.9. The van der Waals surface area contributed by atoms with Crippen LogP contribution in [-0.2, 0) is 6.42 Å². The lowest BCUT2D eigenvalue weighted by atomic mass is 10.3. The van der Waals surface area contributed by atoms with Gasteiger partial charge in [-0.1, -0.05) is 13.3 Å². The Bertz CT molecular complexity index is 328. The fourth-order valence-electron chi connectivity index (χ4n) is 1.15. The average Bonchev–Trinajstić information content (AvgIpc) is 2.66. The van der Waals surface area contributed by atoms with Crippen molar-refractivity contribution in [3.05, 3.63) is 11.1 Å². The molecule has 90 valence electrons. The summed E-state index contributed by atoms with van der Waals surface area (Å²) in [6, 6.07) is -0.272. The van der Waals surface area contributed by atoms with Crippen LogP contribution in [0.5, 0.6) is 0 Å². The van der Waals surface area contributed by atoms with Crippen LogP contribution in [0.2, 0.25) is 0 Å². The van der Waals surface area contributed by atoms with Gasteiger partial charge < -0.3 is 10.4 Å². The SMILES string of the molecule is CCCc1cnc(NC(=O)NCCCO)s1. The van der Waals surface area contributed by atoms with E-state index in [1.54, 1.807) is 6.20 Å². The van der Waals surface area contributed by atoms with E-state index < -0.39 is 0 Å². The molecule has 0 unspecified atom stereocenters. The first-order valence-electron chi connectivity index (χ1n) is 5.36. The van der Waals surface area contributed by atoms with Crippen molar-refractivity contribution in [1.29, 1.82) is 0 Å². The zero-order valence-electron chi connectivity index (χ0n) is 9.32. The van der Waals surface area contributed by atoms with Gasteiger partial charge in [0.2, 0.25) is 0 Å². The molecule has 0 radical (unpaired) electrons. The molecule has 0 bridgehead atoms. The topological polar surface area (TPSA) is 74.2 Å². The van der Waals surface area contributed by atoms with E-state index in [9.17, 15) is 4.79 Å². The Kier molecular flexibility index (Phi) is 5.81. The van der Waals surface area contributed by atoms with Crippen molar-refractivity contribution in [3.63, 3.8) is 0 Å². The second-order valence-electron chi connectivity index (χ2n) is 3.34. The lowest BCUT2D eigenvalue weighted by Gasteiger charge is -2.03. The number of rotatable bonds is 6. The lowest BCUT2D eigenvalue weighted by Crippen LogP contribution is -2.29. The first-order valence-corrected chi connectivity index (χ1v) is 6.18. The molecular formula is C10H17N3O2S. The quantitative estimate of drug-likeness (QED) is 0.664. The number of aliphatic hydroxyl groups is 1. The molecule has 0 fully saturated rings. The summed E-state index contributed by atoms with van der Waals surface area (Å²) >= 11 is 1.49. The van der Waals surface area contributed by atoms with Gasteiger partial charge in [-0.15, -0.1) is 11.3 Å². The number of hydrogen-bond donors (Lipinski definition) is 3. The van der Waals surface area contributed by atoms with Crippen LogP contribution >= 0.6 is 11.3 Å². The maximum atomic E-state index is 11.3. The van der Waals surface area contributed by atoms with Gasteiger partial charge in [0.05, 0.1) is 0 Å². The number of thiazole rings is 1. The molecule has 3 N–H and O–H groups in total. The maximum absolute atomic E-state index is 11.3. The molecule has 0 aromatic carbocycles. The summed E-state index contributed by atoms with van der Waals surface area (Å²) in [5.41, 5.74) is 0. The predicted molar refractivity (Wildman–Crippen MR) is 64.8 cm³/mol. The lowest BCUT2D eigenvalue weighted by molar-refractivity contribution is 0.249. The highest BCUT2D eigenvalue weighted by atomic mass is 32.1. The highest BCUT2D eigenvalue weighted by Crippen LogP contribution is 2.18. The van der Waals surface area contributed by atoms with Crippen molar-refractivity contribution >= 4 is 22.5 Å². The molecule has 0 saturated heterocycles. The first-order chi connectivity index (χ1) is 7.76. The number of aromatic nitrogens is 1. The van der Waals surface area contributed by atoms with Gasteiger partial charge in [-0.25, -0.2) is 9.78 Å². The van der Waals surface area contributed by atoms with Crippen LogP contribution in [0.1, 0.15) is 24.6 Å². The van der Waals surface area contributed by atoms with Gasteiger partial charge in [-0.05, 0) is 12.8 Å². The van der Waals surface area contributed by atoms with Gasteiger partial charge in [0, 0.05) is 24.2 Å². The third kappa shape index (κ3) is 4.59. The zero-order valence-corrected chi connectivity index (χ0v) is 10.1. The number of anilines is 1. The summed E-state index contributed by atoms with van der Waals surface area (Å²) in [6.07, 6.45) is 4.42. The third-order valence-electron chi connectivity index (χ3n) is 1.89. The van der Waals surface area contributed by atoms with Gasteiger partial charge in [-0.2, -0.15) is 0 Å². The van der Waals surface area contributed by atoms with Crippen molar-refractivity contribution < 1.29 is 9.90 Å². The van der Waals surface area contributed by atoms with Crippen molar-refractivity contribution in [1.82, 2.24) is 10.3 Å². The Morgan fingerprint density at radius 3 is 3.12 bits per heavy atom. The van der Waals surface area contributed by atoms with E-state index >= 15 is 0 Å². The van der Waals surface area contributed by atoms with E-state index in [2.05, 4.69) is 22.5 Å². The minimum atomic E-state index is -0.272. The van der Waals surface area contributed by atoms with E-state index in [0.29, 0.717) is 18.1 Å². The van der Waals surface area contributed by atoms with Crippen LogP contribution in [0.15, 0.2) is 6.20 Å². The van der Waals surface area contributed by atoms with Crippen LogP contribution in [0.3, 0.4) is 0 Å². The summed E-state index contributed by atoms with van der Waals surface area (Å²) in [5, 5.41) is 14.5. The molecule has 0 aliphatic rings. The number of aryl methyl sites for hydroxylation is 1. The van der Waals surface area contributed by atoms with Crippen LogP contribution in [0, 0.1) is 0 Å². The van der Waals surface area contributed by atoms with E-state index in [4.69, 9.17) is 5.11 Å². The Morgan fingerprint density at radius 2 is 2.44 bits per heavy atom. The molecule has 6 heteroatoms. The highest BCUT2D eigenvalue weighted by Gasteiger charge is 2.05. The van der Waals surface area contributed by atoms with E-state index in [-0.39, 0.29) is 12.6 Å². The maximum Gasteiger partial charge on any atom is 0.321 e.